The van der Waals surface area contributed by atoms with E-state index in [1.54, 1.807) is 49.4 Å². The molecule has 2 aromatic carbocycles. The second kappa shape index (κ2) is 9.16. The van der Waals surface area contributed by atoms with Crippen LogP contribution >= 0.6 is 34.7 Å². The molecule has 0 spiro atoms. The van der Waals surface area contributed by atoms with Gasteiger partial charge in [0.2, 0.25) is 5.13 Å². The fourth-order valence-electron chi connectivity index (χ4n) is 2.08. The molecule has 0 aliphatic heterocycles. The van der Waals surface area contributed by atoms with Crippen molar-refractivity contribution in [3.8, 4) is 5.75 Å². The minimum absolute atomic E-state index is 0.255. The smallest absolute Gasteiger partial charge is 0.266 e. The molecule has 0 saturated heterocycles. The van der Waals surface area contributed by atoms with Crippen LogP contribution in [-0.4, -0.2) is 22.2 Å². The molecule has 0 radical (unpaired) electrons. The predicted molar refractivity (Wildman–Crippen MR) is 106 cm³/mol. The molecule has 140 valence electrons. The number of carbonyl (C=O) groups is 1. The van der Waals surface area contributed by atoms with Gasteiger partial charge < -0.3 is 4.74 Å². The molecule has 1 aromatic heterocycles. The van der Waals surface area contributed by atoms with E-state index >= 15 is 0 Å². The maximum Gasteiger partial charge on any atom is 0.266 e. The third-order valence-corrected chi connectivity index (χ3v) is 5.68. The first-order valence-corrected chi connectivity index (χ1v) is 10.1. The van der Waals surface area contributed by atoms with Gasteiger partial charge in [0.15, 0.2) is 10.4 Å². The van der Waals surface area contributed by atoms with Gasteiger partial charge in [-0.25, -0.2) is 4.39 Å². The number of hydrogen-bond acceptors (Lipinski definition) is 6. The normalized spacial score (nSPS) is 11.8. The molecule has 0 aliphatic rings. The van der Waals surface area contributed by atoms with E-state index in [1.165, 1.54) is 29.2 Å². The van der Waals surface area contributed by atoms with E-state index in [2.05, 4.69) is 15.5 Å². The second-order valence-corrected chi connectivity index (χ2v) is 8.10. The molecule has 1 heterocycles. The van der Waals surface area contributed by atoms with Crippen LogP contribution in [0, 0.1) is 5.82 Å². The van der Waals surface area contributed by atoms with Crippen LogP contribution in [-0.2, 0) is 10.5 Å². The maximum absolute atomic E-state index is 13.6. The summed E-state index contributed by atoms with van der Waals surface area (Å²) in [5.41, 5.74) is 0.590. The maximum atomic E-state index is 13.6. The third-order valence-electron chi connectivity index (χ3n) is 3.42. The van der Waals surface area contributed by atoms with Crippen molar-refractivity contribution in [2.24, 2.45) is 0 Å². The first kappa shape index (κ1) is 19.6. The van der Waals surface area contributed by atoms with Crippen molar-refractivity contribution in [2.75, 3.05) is 5.32 Å². The van der Waals surface area contributed by atoms with Crippen LogP contribution in [0.4, 0.5) is 9.52 Å². The molecule has 0 saturated carbocycles. The zero-order valence-electron chi connectivity index (χ0n) is 14.2. The average Bonchev–Trinajstić information content (AvgIpc) is 3.08. The molecule has 1 N–H and O–H groups in total. The zero-order valence-corrected chi connectivity index (χ0v) is 16.6. The van der Waals surface area contributed by atoms with Gasteiger partial charge in [-0.1, -0.05) is 59.0 Å². The number of aromatic nitrogens is 2. The second-order valence-electron chi connectivity index (χ2n) is 5.46. The number of anilines is 1. The number of ether oxygens (including phenoxy) is 1. The Bertz CT molecular complexity index is 938. The molecule has 3 aromatic rings. The fraction of sp³-hybridized carbons (Fsp3) is 0.167. The van der Waals surface area contributed by atoms with Gasteiger partial charge in [0.05, 0.1) is 0 Å². The lowest BCUT2D eigenvalue weighted by Gasteiger charge is -2.13. The van der Waals surface area contributed by atoms with E-state index in [4.69, 9.17) is 16.3 Å². The highest BCUT2D eigenvalue weighted by Gasteiger charge is 2.17. The number of benzene rings is 2. The van der Waals surface area contributed by atoms with E-state index in [9.17, 15) is 9.18 Å². The third kappa shape index (κ3) is 5.66. The van der Waals surface area contributed by atoms with Gasteiger partial charge in [0.1, 0.15) is 11.6 Å². The number of nitrogens with zero attached hydrogens (tertiary/aromatic N) is 2. The van der Waals surface area contributed by atoms with Gasteiger partial charge >= 0.3 is 0 Å². The molecule has 27 heavy (non-hydrogen) atoms. The summed E-state index contributed by atoms with van der Waals surface area (Å²) in [7, 11) is 0. The van der Waals surface area contributed by atoms with Gasteiger partial charge in [-0.3, -0.25) is 10.1 Å². The highest BCUT2D eigenvalue weighted by atomic mass is 35.5. The summed E-state index contributed by atoms with van der Waals surface area (Å²) < 4.78 is 19.8. The van der Waals surface area contributed by atoms with E-state index in [1.807, 2.05) is 0 Å². The monoisotopic (exact) mass is 423 g/mol. The predicted octanol–water partition coefficient (Wildman–Crippen LogP) is 5.03. The van der Waals surface area contributed by atoms with Gasteiger partial charge in [-0.05, 0) is 36.8 Å². The van der Waals surface area contributed by atoms with Crippen LogP contribution in [0.3, 0.4) is 0 Å². The van der Waals surface area contributed by atoms with E-state index in [0.29, 0.717) is 31.6 Å². The molecular formula is C18H15ClFN3O2S2. The standard InChI is InChI=1S/C18H15ClFN3O2S2/c1-11(25-14-7-4-6-13(19)9-14)16(24)21-17-22-23-18(27-17)26-10-12-5-2-3-8-15(12)20/h2-9,11H,10H2,1H3,(H,21,22,24). The van der Waals surface area contributed by atoms with Crippen LogP contribution in [0.1, 0.15) is 12.5 Å². The highest BCUT2D eigenvalue weighted by Crippen LogP contribution is 2.29. The number of halogens is 2. The molecule has 0 aliphatic carbocycles. The molecule has 0 fully saturated rings. The summed E-state index contributed by atoms with van der Waals surface area (Å²) >= 11 is 8.48. The Morgan fingerprint density at radius 3 is 2.89 bits per heavy atom. The molecule has 5 nitrogen and oxygen atoms in total. The van der Waals surface area contributed by atoms with E-state index in [0.717, 1.165) is 0 Å². The summed E-state index contributed by atoms with van der Waals surface area (Å²) in [6, 6.07) is 13.4. The average molecular weight is 424 g/mol. The van der Waals surface area contributed by atoms with Crippen molar-refractivity contribution in [3.63, 3.8) is 0 Å². The van der Waals surface area contributed by atoms with Gasteiger partial charge in [-0.15, -0.1) is 10.2 Å². The highest BCUT2D eigenvalue weighted by molar-refractivity contribution is 8.00. The van der Waals surface area contributed by atoms with Crippen LogP contribution in [0.25, 0.3) is 0 Å². The van der Waals surface area contributed by atoms with Crippen LogP contribution < -0.4 is 10.1 Å². The van der Waals surface area contributed by atoms with Crippen molar-refractivity contribution in [1.82, 2.24) is 10.2 Å². The molecule has 1 atom stereocenters. The van der Waals surface area contributed by atoms with E-state index in [-0.39, 0.29) is 11.7 Å². The first-order chi connectivity index (χ1) is 13.0. The SMILES string of the molecule is CC(Oc1cccc(Cl)c1)C(=O)Nc1nnc(SCc2ccccc2F)s1. The molecule has 3 rings (SSSR count). The molecular weight excluding hydrogens is 409 g/mol. The lowest BCUT2D eigenvalue weighted by molar-refractivity contribution is -0.122. The largest absolute Gasteiger partial charge is 0.481 e. The van der Waals surface area contributed by atoms with Crippen LogP contribution in [0.15, 0.2) is 52.9 Å². The van der Waals surface area contributed by atoms with Crippen LogP contribution in [0.5, 0.6) is 5.75 Å². The van der Waals surface area contributed by atoms with Crippen molar-refractivity contribution < 1.29 is 13.9 Å². The summed E-state index contributed by atoms with van der Waals surface area (Å²) in [6.07, 6.45) is -0.734. The fourth-order valence-corrected chi connectivity index (χ4v) is 4.00. The number of thioether (sulfide) groups is 1. The first-order valence-electron chi connectivity index (χ1n) is 7.94. The molecule has 0 bridgehead atoms. The number of hydrogen-bond donors (Lipinski definition) is 1. The number of carbonyl (C=O) groups excluding carboxylic acids is 1. The Balaban J connectivity index is 1.53. The molecule has 1 unspecified atom stereocenters. The van der Waals surface area contributed by atoms with Gasteiger partial charge in [0.25, 0.3) is 5.91 Å². The van der Waals surface area contributed by atoms with Crippen molar-refractivity contribution in [2.45, 2.75) is 23.1 Å². The number of rotatable bonds is 7. The summed E-state index contributed by atoms with van der Waals surface area (Å²) in [5.74, 6) is 0.333. The van der Waals surface area contributed by atoms with Crippen molar-refractivity contribution >= 4 is 45.7 Å². The Morgan fingerprint density at radius 2 is 2.11 bits per heavy atom. The Hall–Kier alpha value is -2.16. The minimum Gasteiger partial charge on any atom is -0.481 e. The lowest BCUT2D eigenvalue weighted by Crippen LogP contribution is -2.30. The van der Waals surface area contributed by atoms with Gasteiger partial charge in [0, 0.05) is 10.8 Å². The number of amides is 1. The van der Waals surface area contributed by atoms with Crippen molar-refractivity contribution in [1.29, 1.82) is 0 Å². The van der Waals surface area contributed by atoms with Crippen LogP contribution in [0.2, 0.25) is 5.02 Å². The Labute approximate surface area is 168 Å². The quantitative estimate of drug-likeness (QED) is 0.426. The molecule has 9 heteroatoms. The number of nitrogens with one attached hydrogen (secondary N) is 1. The van der Waals surface area contributed by atoms with E-state index < -0.39 is 6.10 Å². The Kier molecular flexibility index (Phi) is 6.65. The summed E-state index contributed by atoms with van der Waals surface area (Å²) in [4.78, 5) is 12.2. The summed E-state index contributed by atoms with van der Waals surface area (Å²) in [6.45, 7) is 1.63. The van der Waals surface area contributed by atoms with Gasteiger partial charge in [-0.2, -0.15) is 0 Å². The zero-order chi connectivity index (χ0) is 19.2. The topological polar surface area (TPSA) is 64.1 Å². The summed E-state index contributed by atoms with van der Waals surface area (Å²) in [5, 5.41) is 11.5. The minimum atomic E-state index is -0.734. The Morgan fingerprint density at radius 1 is 1.30 bits per heavy atom. The molecule has 1 amide bonds. The lowest BCUT2D eigenvalue weighted by atomic mass is 10.2. The van der Waals surface area contributed by atoms with Crippen molar-refractivity contribution in [3.05, 3.63) is 64.9 Å².